The fourth-order valence-electron chi connectivity index (χ4n) is 2.53. The summed E-state index contributed by atoms with van der Waals surface area (Å²) in [6.45, 7) is 0. The zero-order valence-electron chi connectivity index (χ0n) is 10.6. The van der Waals surface area contributed by atoms with Crippen LogP contribution in [0.1, 0.15) is 29.8 Å². The minimum Gasteiger partial charge on any atom is -0.348 e. The molecular formula is C12H16ClN3O3. The van der Waals surface area contributed by atoms with Crippen molar-refractivity contribution in [3.05, 3.63) is 28.1 Å². The summed E-state index contributed by atoms with van der Waals surface area (Å²) in [5, 5.41) is 13.6. The Morgan fingerprint density at radius 1 is 1.63 bits per heavy atom. The van der Waals surface area contributed by atoms with E-state index in [2.05, 4.69) is 5.32 Å². The summed E-state index contributed by atoms with van der Waals surface area (Å²) in [7, 11) is 1.62. The van der Waals surface area contributed by atoms with Crippen molar-refractivity contribution in [1.82, 2.24) is 9.88 Å². The molecule has 2 unspecified atom stereocenters. The first kappa shape index (κ1) is 13.9. The summed E-state index contributed by atoms with van der Waals surface area (Å²) < 4.78 is 1.47. The Kier molecular flexibility index (Phi) is 4.09. The SMILES string of the molecule is Cn1cc([N+](=O)[O-])cc1C(=O)NC1CCCC1CCl. The number of aryl methyl sites for hydroxylation is 1. The van der Waals surface area contributed by atoms with E-state index in [1.165, 1.54) is 16.8 Å². The molecule has 2 atom stereocenters. The van der Waals surface area contributed by atoms with Crippen LogP contribution in [-0.2, 0) is 7.05 Å². The number of amides is 1. The lowest BCUT2D eigenvalue weighted by atomic mass is 10.1. The van der Waals surface area contributed by atoms with Crippen LogP contribution in [0.3, 0.4) is 0 Å². The van der Waals surface area contributed by atoms with Gasteiger partial charge in [0.05, 0.1) is 11.1 Å². The molecule has 104 valence electrons. The number of carbonyl (C=O) groups is 1. The molecule has 0 saturated heterocycles. The average molecular weight is 286 g/mol. The fourth-order valence-corrected chi connectivity index (χ4v) is 2.90. The first-order valence-corrected chi connectivity index (χ1v) is 6.74. The van der Waals surface area contributed by atoms with Crippen LogP contribution in [0.25, 0.3) is 0 Å². The number of hydrogen-bond acceptors (Lipinski definition) is 3. The van der Waals surface area contributed by atoms with Gasteiger partial charge in [-0.05, 0) is 18.8 Å². The number of hydrogen-bond donors (Lipinski definition) is 1. The maximum absolute atomic E-state index is 12.1. The molecule has 6 nitrogen and oxygen atoms in total. The summed E-state index contributed by atoms with van der Waals surface area (Å²) >= 11 is 5.86. The van der Waals surface area contributed by atoms with Crippen LogP contribution in [0.4, 0.5) is 5.69 Å². The Labute approximate surface area is 115 Å². The molecule has 1 fully saturated rings. The van der Waals surface area contributed by atoms with Crippen molar-refractivity contribution in [2.24, 2.45) is 13.0 Å². The molecule has 1 heterocycles. The molecular weight excluding hydrogens is 270 g/mol. The summed E-state index contributed by atoms with van der Waals surface area (Å²) in [5.74, 6) is 0.539. The number of nitro groups is 1. The molecule has 2 rings (SSSR count). The molecule has 0 bridgehead atoms. The van der Waals surface area contributed by atoms with Crippen molar-refractivity contribution in [3.63, 3.8) is 0 Å². The van der Waals surface area contributed by atoms with E-state index in [4.69, 9.17) is 11.6 Å². The Balaban J connectivity index is 2.09. The number of carbonyl (C=O) groups excluding carboxylic acids is 1. The van der Waals surface area contributed by atoms with Gasteiger partial charge >= 0.3 is 0 Å². The average Bonchev–Trinajstić information content (AvgIpc) is 2.95. The standard InChI is InChI=1S/C12H16ClN3O3/c1-15-7-9(16(18)19)5-11(15)12(17)14-10-4-2-3-8(10)6-13/h5,7-8,10H,2-4,6H2,1H3,(H,14,17). The second-order valence-electron chi connectivity index (χ2n) is 4.88. The molecule has 0 spiro atoms. The number of aromatic nitrogens is 1. The number of nitrogens with one attached hydrogen (secondary N) is 1. The van der Waals surface area contributed by atoms with Gasteiger partial charge in [0, 0.05) is 25.0 Å². The van der Waals surface area contributed by atoms with Crippen molar-refractivity contribution >= 4 is 23.2 Å². The first-order valence-electron chi connectivity index (χ1n) is 6.20. The van der Waals surface area contributed by atoms with Crippen LogP contribution < -0.4 is 5.32 Å². The molecule has 0 aliphatic heterocycles. The zero-order valence-corrected chi connectivity index (χ0v) is 11.4. The van der Waals surface area contributed by atoms with E-state index in [1.54, 1.807) is 7.05 Å². The number of alkyl halides is 1. The van der Waals surface area contributed by atoms with Gasteiger partial charge in [-0.25, -0.2) is 0 Å². The third-order valence-electron chi connectivity index (χ3n) is 3.61. The summed E-state index contributed by atoms with van der Waals surface area (Å²) in [6.07, 6.45) is 4.32. The molecule has 1 N–H and O–H groups in total. The van der Waals surface area contributed by atoms with E-state index >= 15 is 0 Å². The molecule has 7 heteroatoms. The summed E-state index contributed by atoms with van der Waals surface area (Å²) in [4.78, 5) is 22.3. The second kappa shape index (κ2) is 5.61. The highest BCUT2D eigenvalue weighted by atomic mass is 35.5. The predicted octanol–water partition coefficient (Wildman–Crippen LogP) is 2.07. The van der Waals surface area contributed by atoms with Gasteiger partial charge in [0.15, 0.2) is 0 Å². The molecule has 19 heavy (non-hydrogen) atoms. The first-order chi connectivity index (χ1) is 9.02. The van der Waals surface area contributed by atoms with E-state index in [1.807, 2.05) is 0 Å². The quantitative estimate of drug-likeness (QED) is 0.523. The van der Waals surface area contributed by atoms with Crippen LogP contribution >= 0.6 is 11.6 Å². The Morgan fingerprint density at radius 2 is 2.37 bits per heavy atom. The number of rotatable bonds is 4. The Hall–Kier alpha value is -1.56. The highest BCUT2D eigenvalue weighted by molar-refractivity contribution is 6.18. The highest BCUT2D eigenvalue weighted by Gasteiger charge is 2.29. The van der Waals surface area contributed by atoms with Crippen LogP contribution in [0.15, 0.2) is 12.3 Å². The zero-order chi connectivity index (χ0) is 14.0. The maximum atomic E-state index is 12.1. The van der Waals surface area contributed by atoms with Crippen molar-refractivity contribution in [3.8, 4) is 0 Å². The molecule has 1 amide bonds. The lowest BCUT2D eigenvalue weighted by Gasteiger charge is -2.18. The van der Waals surface area contributed by atoms with Gasteiger partial charge < -0.3 is 9.88 Å². The van der Waals surface area contributed by atoms with Gasteiger partial charge in [0.25, 0.3) is 11.6 Å². The molecule has 1 aliphatic rings. The number of nitrogens with zero attached hydrogens (tertiary/aromatic N) is 2. The van der Waals surface area contributed by atoms with Crippen molar-refractivity contribution < 1.29 is 9.72 Å². The Bertz CT molecular complexity index is 500. The monoisotopic (exact) mass is 285 g/mol. The predicted molar refractivity (Wildman–Crippen MR) is 71.4 cm³/mol. The second-order valence-corrected chi connectivity index (χ2v) is 5.19. The van der Waals surface area contributed by atoms with Gasteiger partial charge in [-0.15, -0.1) is 11.6 Å². The Morgan fingerprint density at radius 3 is 2.95 bits per heavy atom. The van der Waals surface area contributed by atoms with Gasteiger partial charge in [-0.2, -0.15) is 0 Å². The maximum Gasteiger partial charge on any atom is 0.287 e. The summed E-state index contributed by atoms with van der Waals surface area (Å²) in [5.41, 5.74) is 0.222. The minimum absolute atomic E-state index is 0.0685. The van der Waals surface area contributed by atoms with Crippen molar-refractivity contribution in [2.75, 3.05) is 5.88 Å². The van der Waals surface area contributed by atoms with E-state index in [0.29, 0.717) is 17.5 Å². The van der Waals surface area contributed by atoms with E-state index in [0.717, 1.165) is 19.3 Å². The molecule has 0 radical (unpaired) electrons. The topological polar surface area (TPSA) is 77.2 Å². The highest BCUT2D eigenvalue weighted by Crippen LogP contribution is 2.27. The summed E-state index contributed by atoms with van der Waals surface area (Å²) in [6, 6.07) is 1.36. The van der Waals surface area contributed by atoms with Crippen LogP contribution in [0.5, 0.6) is 0 Å². The lowest BCUT2D eigenvalue weighted by Crippen LogP contribution is -2.38. The molecule has 1 aliphatic carbocycles. The van der Waals surface area contributed by atoms with E-state index < -0.39 is 4.92 Å². The number of halogens is 1. The normalized spacial score (nSPS) is 22.4. The molecule has 0 aromatic carbocycles. The lowest BCUT2D eigenvalue weighted by molar-refractivity contribution is -0.384. The largest absolute Gasteiger partial charge is 0.348 e. The van der Waals surface area contributed by atoms with Crippen LogP contribution in [0, 0.1) is 16.0 Å². The van der Waals surface area contributed by atoms with Crippen molar-refractivity contribution in [2.45, 2.75) is 25.3 Å². The van der Waals surface area contributed by atoms with Gasteiger partial charge in [-0.3, -0.25) is 14.9 Å². The van der Waals surface area contributed by atoms with Gasteiger partial charge in [0.1, 0.15) is 5.69 Å². The van der Waals surface area contributed by atoms with E-state index in [-0.39, 0.29) is 17.6 Å². The van der Waals surface area contributed by atoms with Gasteiger partial charge in [-0.1, -0.05) is 6.42 Å². The van der Waals surface area contributed by atoms with Crippen molar-refractivity contribution in [1.29, 1.82) is 0 Å². The molecule has 1 saturated carbocycles. The fraction of sp³-hybridized carbons (Fsp3) is 0.583. The third-order valence-corrected chi connectivity index (χ3v) is 4.00. The van der Waals surface area contributed by atoms with Crippen LogP contribution in [-0.4, -0.2) is 27.3 Å². The third kappa shape index (κ3) is 2.89. The minimum atomic E-state index is -0.506. The van der Waals surface area contributed by atoms with E-state index in [9.17, 15) is 14.9 Å². The van der Waals surface area contributed by atoms with Crippen LogP contribution in [0.2, 0.25) is 0 Å². The van der Waals surface area contributed by atoms with Gasteiger partial charge in [0.2, 0.25) is 0 Å². The molecule has 1 aromatic heterocycles. The molecule has 1 aromatic rings. The smallest absolute Gasteiger partial charge is 0.287 e.